The quantitative estimate of drug-likeness (QED) is 0.883. The van der Waals surface area contributed by atoms with Crippen LogP contribution in [0.25, 0.3) is 0 Å². The number of ether oxygens (including phenoxy) is 1. The third-order valence-corrected chi connectivity index (χ3v) is 3.41. The van der Waals surface area contributed by atoms with Gasteiger partial charge in [-0.25, -0.2) is 4.39 Å². The lowest BCUT2D eigenvalue weighted by Gasteiger charge is -2.03. The van der Waals surface area contributed by atoms with Gasteiger partial charge in [0.25, 0.3) is 0 Å². The molecule has 2 aromatic rings. The number of rotatable bonds is 6. The molecule has 1 N–H and O–H groups in total. The zero-order chi connectivity index (χ0) is 13.7. The predicted molar refractivity (Wildman–Crippen MR) is 74.4 cm³/mol. The lowest BCUT2D eigenvalue weighted by Crippen LogP contribution is -1.98. The van der Waals surface area contributed by atoms with E-state index in [1.165, 1.54) is 23.5 Å². The molecule has 0 saturated heterocycles. The summed E-state index contributed by atoms with van der Waals surface area (Å²) in [5, 5.41) is 12.7. The number of halogens is 2. The van der Waals surface area contributed by atoms with Crippen LogP contribution >= 0.6 is 22.9 Å². The first-order valence-corrected chi connectivity index (χ1v) is 7.02. The minimum Gasteiger partial charge on any atom is -0.486 e. The largest absolute Gasteiger partial charge is 0.486 e. The summed E-state index contributed by atoms with van der Waals surface area (Å²) < 4.78 is 18.6. The van der Waals surface area contributed by atoms with Crippen LogP contribution in [0.5, 0.6) is 5.75 Å². The number of anilines is 1. The van der Waals surface area contributed by atoms with Crippen LogP contribution in [-0.2, 0) is 6.61 Å². The summed E-state index contributed by atoms with van der Waals surface area (Å²) in [7, 11) is 0. The second-order valence-electron chi connectivity index (χ2n) is 3.79. The van der Waals surface area contributed by atoms with Crippen LogP contribution in [0, 0.1) is 5.82 Å². The van der Waals surface area contributed by atoms with Crippen molar-refractivity contribution in [2.75, 3.05) is 11.9 Å². The Bertz CT molecular complexity index is 550. The van der Waals surface area contributed by atoms with E-state index in [2.05, 4.69) is 22.4 Å². The van der Waals surface area contributed by atoms with E-state index in [1.54, 1.807) is 6.07 Å². The highest BCUT2D eigenvalue weighted by atomic mass is 35.5. The molecule has 0 fully saturated rings. The third kappa shape index (κ3) is 4.04. The van der Waals surface area contributed by atoms with Crippen molar-refractivity contribution in [3.8, 4) is 5.75 Å². The highest BCUT2D eigenvalue weighted by Gasteiger charge is 2.06. The number of nitrogens with zero attached hydrogens (tertiary/aromatic N) is 2. The number of aromatic nitrogens is 2. The molecule has 1 aromatic carbocycles. The Kier molecular flexibility index (Phi) is 4.93. The van der Waals surface area contributed by atoms with Gasteiger partial charge in [0.2, 0.25) is 5.13 Å². The molecule has 0 aliphatic heterocycles. The number of hydrogen-bond acceptors (Lipinski definition) is 5. The molecule has 0 aliphatic carbocycles. The molecular formula is C12H13ClFN3OS. The van der Waals surface area contributed by atoms with E-state index in [0.717, 1.165) is 23.1 Å². The molecule has 0 unspecified atom stereocenters. The van der Waals surface area contributed by atoms with Gasteiger partial charge in [-0.2, -0.15) is 0 Å². The summed E-state index contributed by atoms with van der Waals surface area (Å²) in [5.74, 6) is -0.0816. The minimum atomic E-state index is -0.498. The molecule has 0 aliphatic rings. The lowest BCUT2D eigenvalue weighted by molar-refractivity contribution is 0.303. The van der Waals surface area contributed by atoms with Crippen LogP contribution in [0.3, 0.4) is 0 Å². The molecule has 0 saturated carbocycles. The number of nitrogens with one attached hydrogen (secondary N) is 1. The molecule has 0 amide bonds. The monoisotopic (exact) mass is 301 g/mol. The van der Waals surface area contributed by atoms with E-state index in [9.17, 15) is 4.39 Å². The average molecular weight is 302 g/mol. The molecule has 0 bridgehead atoms. The topological polar surface area (TPSA) is 47.0 Å². The van der Waals surface area contributed by atoms with E-state index in [0.29, 0.717) is 5.75 Å². The molecule has 19 heavy (non-hydrogen) atoms. The van der Waals surface area contributed by atoms with Gasteiger partial charge in [0.1, 0.15) is 18.2 Å². The number of hydrogen-bond donors (Lipinski definition) is 1. The summed E-state index contributed by atoms with van der Waals surface area (Å²) >= 11 is 7.01. The maximum absolute atomic E-state index is 13.2. The fourth-order valence-corrected chi connectivity index (χ4v) is 2.12. The van der Waals surface area contributed by atoms with E-state index >= 15 is 0 Å². The Morgan fingerprint density at radius 2 is 2.26 bits per heavy atom. The maximum atomic E-state index is 13.2. The molecule has 0 atom stereocenters. The first-order valence-electron chi connectivity index (χ1n) is 5.83. The van der Waals surface area contributed by atoms with E-state index in [-0.39, 0.29) is 11.6 Å². The van der Waals surface area contributed by atoms with Crippen LogP contribution in [0.2, 0.25) is 5.02 Å². The Morgan fingerprint density at radius 3 is 3.00 bits per heavy atom. The first-order chi connectivity index (χ1) is 9.19. The fraction of sp³-hybridized carbons (Fsp3) is 0.333. The molecular weight excluding hydrogens is 289 g/mol. The first kappa shape index (κ1) is 14.0. The van der Waals surface area contributed by atoms with Crippen LogP contribution in [0.1, 0.15) is 18.4 Å². The predicted octanol–water partition coefficient (Wildman–Crippen LogP) is 3.73. The maximum Gasteiger partial charge on any atom is 0.205 e. The SMILES string of the molecule is CCCNc1nnc(COc2ccc(Cl)c(F)c2)s1. The van der Waals surface area contributed by atoms with Gasteiger partial charge in [0, 0.05) is 12.6 Å². The Labute approximate surface area is 119 Å². The second-order valence-corrected chi connectivity index (χ2v) is 5.26. The van der Waals surface area contributed by atoms with Crippen LogP contribution in [0.4, 0.5) is 9.52 Å². The molecule has 1 heterocycles. The summed E-state index contributed by atoms with van der Waals surface area (Å²) in [6.45, 7) is 3.19. The standard InChI is InChI=1S/C12H13ClFN3OS/c1-2-5-15-12-17-16-11(19-12)7-18-8-3-4-9(13)10(14)6-8/h3-4,6H,2,5,7H2,1H3,(H,15,17). The van der Waals surface area contributed by atoms with E-state index < -0.39 is 5.82 Å². The van der Waals surface area contributed by atoms with Gasteiger partial charge in [-0.1, -0.05) is 29.9 Å². The average Bonchev–Trinajstić information content (AvgIpc) is 2.86. The van der Waals surface area contributed by atoms with Gasteiger partial charge in [-0.05, 0) is 18.6 Å². The van der Waals surface area contributed by atoms with Crippen LogP contribution in [0.15, 0.2) is 18.2 Å². The Morgan fingerprint density at radius 1 is 1.42 bits per heavy atom. The third-order valence-electron chi connectivity index (χ3n) is 2.25. The van der Waals surface area contributed by atoms with Crippen molar-refractivity contribution in [1.29, 1.82) is 0 Å². The van der Waals surface area contributed by atoms with Gasteiger partial charge in [-0.15, -0.1) is 10.2 Å². The van der Waals surface area contributed by atoms with Gasteiger partial charge >= 0.3 is 0 Å². The summed E-state index contributed by atoms with van der Waals surface area (Å²) in [6, 6.07) is 4.32. The second kappa shape index (κ2) is 6.68. The van der Waals surface area contributed by atoms with E-state index in [4.69, 9.17) is 16.3 Å². The van der Waals surface area contributed by atoms with Crippen LogP contribution in [-0.4, -0.2) is 16.7 Å². The molecule has 2 rings (SSSR count). The van der Waals surface area contributed by atoms with Crippen molar-refractivity contribution < 1.29 is 9.13 Å². The van der Waals surface area contributed by atoms with Crippen molar-refractivity contribution in [2.45, 2.75) is 20.0 Å². The molecule has 4 nitrogen and oxygen atoms in total. The van der Waals surface area contributed by atoms with Gasteiger partial charge in [0.15, 0.2) is 5.01 Å². The molecule has 0 radical (unpaired) electrons. The Balaban J connectivity index is 1.91. The van der Waals surface area contributed by atoms with Crippen molar-refractivity contribution in [1.82, 2.24) is 10.2 Å². The van der Waals surface area contributed by atoms with Crippen molar-refractivity contribution in [3.05, 3.63) is 34.0 Å². The summed E-state index contributed by atoms with van der Waals surface area (Å²) in [6.07, 6.45) is 1.02. The van der Waals surface area contributed by atoms with Crippen molar-refractivity contribution in [3.63, 3.8) is 0 Å². The van der Waals surface area contributed by atoms with Crippen molar-refractivity contribution >= 4 is 28.1 Å². The van der Waals surface area contributed by atoms with Crippen molar-refractivity contribution in [2.24, 2.45) is 0 Å². The summed E-state index contributed by atoms with van der Waals surface area (Å²) in [4.78, 5) is 0. The molecule has 0 spiro atoms. The fourth-order valence-electron chi connectivity index (χ4n) is 1.33. The highest BCUT2D eigenvalue weighted by molar-refractivity contribution is 7.15. The van der Waals surface area contributed by atoms with Gasteiger partial charge in [0.05, 0.1) is 5.02 Å². The zero-order valence-electron chi connectivity index (χ0n) is 10.3. The smallest absolute Gasteiger partial charge is 0.205 e. The lowest BCUT2D eigenvalue weighted by atomic mass is 10.3. The Hall–Kier alpha value is -1.40. The minimum absolute atomic E-state index is 0.0781. The molecule has 1 aromatic heterocycles. The van der Waals surface area contributed by atoms with Gasteiger partial charge in [-0.3, -0.25) is 0 Å². The number of benzene rings is 1. The normalized spacial score (nSPS) is 10.5. The summed E-state index contributed by atoms with van der Waals surface area (Å²) in [5.41, 5.74) is 0. The highest BCUT2D eigenvalue weighted by Crippen LogP contribution is 2.22. The zero-order valence-corrected chi connectivity index (χ0v) is 11.9. The van der Waals surface area contributed by atoms with Crippen LogP contribution < -0.4 is 10.1 Å². The molecule has 102 valence electrons. The molecule has 7 heteroatoms. The van der Waals surface area contributed by atoms with Gasteiger partial charge < -0.3 is 10.1 Å². The van der Waals surface area contributed by atoms with E-state index in [1.807, 2.05) is 0 Å².